The van der Waals surface area contributed by atoms with Crippen LogP contribution in [0.3, 0.4) is 0 Å². The van der Waals surface area contributed by atoms with Gasteiger partial charge in [-0.1, -0.05) is 29.3 Å². The summed E-state index contributed by atoms with van der Waals surface area (Å²) in [6.07, 6.45) is 2.54. The van der Waals surface area contributed by atoms with Gasteiger partial charge < -0.3 is 11.1 Å². The number of likely N-dealkylation sites (N-methyl/N-ethyl adjacent to an activating group) is 1. The number of aromatic nitrogens is 1. The fourth-order valence-corrected chi connectivity index (χ4v) is 2.47. The first-order chi connectivity index (χ1) is 9.51. The molecule has 0 aliphatic heterocycles. The molecule has 2 rings (SSSR count). The van der Waals surface area contributed by atoms with Crippen molar-refractivity contribution in [2.45, 2.75) is 19.4 Å². The van der Waals surface area contributed by atoms with Gasteiger partial charge in [-0.15, -0.1) is 0 Å². The van der Waals surface area contributed by atoms with Crippen molar-refractivity contribution >= 4 is 29.0 Å². The number of rotatable bonds is 4. The number of nitrogens with one attached hydrogen (secondary N) is 1. The van der Waals surface area contributed by atoms with Crippen LogP contribution in [0.4, 0.5) is 5.82 Å². The van der Waals surface area contributed by atoms with E-state index in [0.29, 0.717) is 15.9 Å². The van der Waals surface area contributed by atoms with Gasteiger partial charge in [0.25, 0.3) is 0 Å². The number of benzene rings is 1. The Morgan fingerprint density at radius 2 is 2.00 bits per heavy atom. The Hall–Kier alpha value is -1.29. The first-order valence-corrected chi connectivity index (χ1v) is 7.10. The average molecular weight is 310 g/mol. The summed E-state index contributed by atoms with van der Waals surface area (Å²) in [6.45, 7) is 2.00. The Kier molecular flexibility index (Phi) is 4.86. The molecule has 1 heterocycles. The molecule has 0 bridgehead atoms. The van der Waals surface area contributed by atoms with Crippen LogP contribution in [0.5, 0.6) is 0 Å². The van der Waals surface area contributed by atoms with Gasteiger partial charge in [-0.05, 0) is 49.7 Å². The van der Waals surface area contributed by atoms with Crippen LogP contribution < -0.4 is 11.1 Å². The quantitative estimate of drug-likeness (QED) is 0.903. The minimum atomic E-state index is 0.0830. The number of nitrogen functional groups attached to an aromatic ring is 1. The minimum Gasteiger partial charge on any atom is -0.383 e. The fourth-order valence-electron chi connectivity index (χ4n) is 2.15. The zero-order chi connectivity index (χ0) is 14.7. The second kappa shape index (κ2) is 6.44. The van der Waals surface area contributed by atoms with E-state index in [2.05, 4.69) is 16.4 Å². The summed E-state index contributed by atoms with van der Waals surface area (Å²) >= 11 is 12.0. The van der Waals surface area contributed by atoms with Gasteiger partial charge in [0.15, 0.2) is 0 Å². The number of halogens is 2. The summed E-state index contributed by atoms with van der Waals surface area (Å²) in [4.78, 5) is 4.21. The van der Waals surface area contributed by atoms with Gasteiger partial charge in [-0.3, -0.25) is 0 Å². The number of anilines is 1. The van der Waals surface area contributed by atoms with E-state index in [1.54, 1.807) is 6.20 Å². The summed E-state index contributed by atoms with van der Waals surface area (Å²) in [5.41, 5.74) is 9.16. The normalized spacial score (nSPS) is 12.4. The number of nitrogens with zero attached hydrogens (tertiary/aromatic N) is 1. The molecule has 0 radical (unpaired) electrons. The highest BCUT2D eigenvalue weighted by Gasteiger charge is 2.15. The summed E-state index contributed by atoms with van der Waals surface area (Å²) in [5.74, 6) is 0.551. The van der Waals surface area contributed by atoms with Crippen LogP contribution in [0.1, 0.15) is 22.7 Å². The largest absolute Gasteiger partial charge is 0.383 e. The van der Waals surface area contributed by atoms with Gasteiger partial charge in [-0.25, -0.2) is 4.98 Å². The lowest BCUT2D eigenvalue weighted by molar-refractivity contribution is 0.591. The summed E-state index contributed by atoms with van der Waals surface area (Å²) in [6, 6.07) is 7.80. The lowest BCUT2D eigenvalue weighted by Gasteiger charge is -2.19. The molecular formula is C15H17Cl2N3. The lowest BCUT2D eigenvalue weighted by Crippen LogP contribution is -2.20. The fraction of sp³-hybridized carbons (Fsp3) is 0.267. The SMILES string of the molecule is CNC(Cc1ccc(Cl)c(Cl)c1)c1cc(C)cnc1N. The van der Waals surface area contributed by atoms with Crippen LogP contribution in [0.2, 0.25) is 10.0 Å². The Bertz CT molecular complexity index is 614. The van der Waals surface area contributed by atoms with Gasteiger partial charge in [0, 0.05) is 17.8 Å². The molecule has 0 aliphatic carbocycles. The van der Waals surface area contributed by atoms with Crippen molar-refractivity contribution in [2.24, 2.45) is 0 Å². The second-order valence-electron chi connectivity index (χ2n) is 4.78. The Morgan fingerprint density at radius 3 is 2.65 bits per heavy atom. The molecule has 0 saturated carbocycles. The van der Waals surface area contributed by atoms with Gasteiger partial charge >= 0.3 is 0 Å². The zero-order valence-corrected chi connectivity index (χ0v) is 13.0. The minimum absolute atomic E-state index is 0.0830. The van der Waals surface area contributed by atoms with E-state index < -0.39 is 0 Å². The van der Waals surface area contributed by atoms with Crippen molar-refractivity contribution in [3.8, 4) is 0 Å². The molecule has 1 atom stereocenters. The van der Waals surface area contributed by atoms with Crippen LogP contribution in [-0.2, 0) is 6.42 Å². The summed E-state index contributed by atoms with van der Waals surface area (Å²) in [5, 5.41) is 4.40. The molecule has 1 aromatic carbocycles. The molecule has 0 saturated heterocycles. The molecule has 5 heteroatoms. The number of hydrogen-bond acceptors (Lipinski definition) is 3. The van der Waals surface area contributed by atoms with Crippen molar-refractivity contribution in [3.05, 3.63) is 57.2 Å². The molecule has 0 spiro atoms. The Labute approximate surface area is 129 Å². The standard InChI is InChI=1S/C15H17Cl2N3/c1-9-5-11(15(18)20-8-9)14(19-2)7-10-3-4-12(16)13(17)6-10/h3-6,8,14,19H,7H2,1-2H3,(H2,18,20). The molecule has 3 N–H and O–H groups in total. The number of hydrogen-bond donors (Lipinski definition) is 2. The van der Waals surface area contributed by atoms with Crippen LogP contribution in [0.15, 0.2) is 30.5 Å². The van der Waals surface area contributed by atoms with Crippen LogP contribution >= 0.6 is 23.2 Å². The monoisotopic (exact) mass is 309 g/mol. The van der Waals surface area contributed by atoms with E-state index in [9.17, 15) is 0 Å². The molecular weight excluding hydrogens is 293 g/mol. The maximum absolute atomic E-state index is 6.05. The van der Waals surface area contributed by atoms with Gasteiger partial charge in [0.1, 0.15) is 5.82 Å². The van der Waals surface area contributed by atoms with E-state index in [0.717, 1.165) is 23.1 Å². The van der Waals surface area contributed by atoms with Gasteiger partial charge in [0.2, 0.25) is 0 Å². The van der Waals surface area contributed by atoms with Crippen LogP contribution in [-0.4, -0.2) is 12.0 Å². The topological polar surface area (TPSA) is 50.9 Å². The van der Waals surface area contributed by atoms with E-state index in [-0.39, 0.29) is 6.04 Å². The molecule has 1 aromatic heterocycles. The second-order valence-corrected chi connectivity index (χ2v) is 5.60. The van der Waals surface area contributed by atoms with Crippen molar-refractivity contribution < 1.29 is 0 Å². The van der Waals surface area contributed by atoms with Gasteiger partial charge in [-0.2, -0.15) is 0 Å². The van der Waals surface area contributed by atoms with E-state index >= 15 is 0 Å². The number of pyridine rings is 1. The maximum atomic E-state index is 6.05. The lowest BCUT2D eigenvalue weighted by atomic mass is 9.98. The Morgan fingerprint density at radius 1 is 1.25 bits per heavy atom. The predicted octanol–water partition coefficient (Wildman–Crippen LogP) is 3.78. The van der Waals surface area contributed by atoms with E-state index in [1.807, 2.05) is 32.2 Å². The van der Waals surface area contributed by atoms with Crippen LogP contribution in [0.25, 0.3) is 0 Å². The number of nitrogens with two attached hydrogens (primary N) is 1. The first kappa shape index (κ1) is 15.1. The third kappa shape index (κ3) is 3.42. The highest BCUT2D eigenvalue weighted by Crippen LogP contribution is 2.27. The van der Waals surface area contributed by atoms with E-state index in [1.165, 1.54) is 0 Å². The average Bonchev–Trinajstić information content (AvgIpc) is 2.43. The molecule has 3 nitrogen and oxygen atoms in total. The smallest absolute Gasteiger partial charge is 0.128 e. The maximum Gasteiger partial charge on any atom is 0.128 e. The third-order valence-corrected chi connectivity index (χ3v) is 3.97. The third-order valence-electron chi connectivity index (χ3n) is 3.23. The van der Waals surface area contributed by atoms with Crippen molar-refractivity contribution in [1.29, 1.82) is 0 Å². The van der Waals surface area contributed by atoms with Crippen LogP contribution in [0, 0.1) is 6.92 Å². The molecule has 0 aliphatic rings. The molecule has 2 aromatic rings. The van der Waals surface area contributed by atoms with Gasteiger partial charge in [0.05, 0.1) is 10.0 Å². The molecule has 0 fully saturated rings. The predicted molar refractivity (Wildman–Crippen MR) is 85.4 cm³/mol. The highest BCUT2D eigenvalue weighted by atomic mass is 35.5. The highest BCUT2D eigenvalue weighted by molar-refractivity contribution is 6.42. The molecule has 0 amide bonds. The van der Waals surface area contributed by atoms with Crippen molar-refractivity contribution in [1.82, 2.24) is 10.3 Å². The summed E-state index contributed by atoms with van der Waals surface area (Å²) in [7, 11) is 1.91. The first-order valence-electron chi connectivity index (χ1n) is 6.34. The summed E-state index contributed by atoms with van der Waals surface area (Å²) < 4.78 is 0. The zero-order valence-electron chi connectivity index (χ0n) is 11.5. The molecule has 1 unspecified atom stereocenters. The Balaban J connectivity index is 2.28. The van der Waals surface area contributed by atoms with Crippen molar-refractivity contribution in [3.63, 3.8) is 0 Å². The van der Waals surface area contributed by atoms with Crippen molar-refractivity contribution in [2.75, 3.05) is 12.8 Å². The molecule has 106 valence electrons. The molecule has 20 heavy (non-hydrogen) atoms. The van der Waals surface area contributed by atoms with E-state index in [4.69, 9.17) is 28.9 Å². The number of aryl methyl sites for hydroxylation is 1.